The molecular weight excluding hydrogens is 228 g/mol. The minimum absolute atomic E-state index is 0.0198. The van der Waals surface area contributed by atoms with Crippen LogP contribution in [0, 0.1) is 0 Å². The molecule has 2 heteroatoms. The van der Waals surface area contributed by atoms with Gasteiger partial charge >= 0.3 is 0 Å². The number of ketones is 1. The first-order valence-electron chi connectivity index (χ1n) is 5.65. The van der Waals surface area contributed by atoms with Gasteiger partial charge in [0.05, 0.1) is 5.25 Å². The molecule has 1 heterocycles. The zero-order valence-corrected chi connectivity index (χ0v) is 10.1. The normalized spacial score (nSPS) is 17.8. The molecule has 2 aromatic carbocycles. The highest BCUT2D eigenvalue weighted by molar-refractivity contribution is 7.99. The Hall–Kier alpha value is -1.54. The van der Waals surface area contributed by atoms with E-state index < -0.39 is 0 Å². The van der Waals surface area contributed by atoms with Crippen molar-refractivity contribution in [1.29, 1.82) is 0 Å². The van der Waals surface area contributed by atoms with Crippen molar-refractivity contribution in [3.63, 3.8) is 0 Å². The summed E-state index contributed by atoms with van der Waals surface area (Å²) in [6, 6.07) is 17.8. The van der Waals surface area contributed by atoms with Gasteiger partial charge in [-0.25, -0.2) is 0 Å². The zero-order chi connectivity index (χ0) is 11.7. The second kappa shape index (κ2) is 4.38. The number of hydrogen-bond donors (Lipinski definition) is 0. The highest BCUT2D eigenvalue weighted by Gasteiger charge is 2.29. The second-order valence-corrected chi connectivity index (χ2v) is 5.21. The van der Waals surface area contributed by atoms with Gasteiger partial charge in [0.2, 0.25) is 0 Å². The van der Waals surface area contributed by atoms with Crippen LogP contribution in [0.5, 0.6) is 0 Å². The number of Topliss-reactive ketones (excluding diaryl/α,β-unsaturated/α-hetero) is 1. The molecule has 0 aromatic heterocycles. The molecule has 17 heavy (non-hydrogen) atoms. The van der Waals surface area contributed by atoms with Crippen LogP contribution in [0.4, 0.5) is 0 Å². The summed E-state index contributed by atoms with van der Waals surface area (Å²) in [7, 11) is 0. The highest BCUT2D eigenvalue weighted by Crippen LogP contribution is 2.43. The van der Waals surface area contributed by atoms with E-state index in [4.69, 9.17) is 0 Å². The molecule has 84 valence electrons. The summed E-state index contributed by atoms with van der Waals surface area (Å²) in [6.07, 6.45) is 0. The molecule has 0 spiro atoms. The molecule has 0 fully saturated rings. The maximum absolute atomic E-state index is 12.4. The van der Waals surface area contributed by atoms with E-state index in [2.05, 4.69) is 12.1 Å². The number of hydrogen-bond acceptors (Lipinski definition) is 2. The fourth-order valence-electron chi connectivity index (χ4n) is 2.16. The lowest BCUT2D eigenvalue weighted by Crippen LogP contribution is -2.07. The minimum atomic E-state index is -0.0198. The standard InChI is InChI=1S/C15H12OS/c16-14(11-6-2-1-3-7-11)15-13-9-5-4-8-12(13)10-17-15/h1-9,15H,10H2/t15-/m1/s1. The van der Waals surface area contributed by atoms with E-state index in [1.54, 1.807) is 11.8 Å². The smallest absolute Gasteiger partial charge is 0.180 e. The van der Waals surface area contributed by atoms with E-state index in [-0.39, 0.29) is 11.0 Å². The lowest BCUT2D eigenvalue weighted by molar-refractivity contribution is 0.0990. The van der Waals surface area contributed by atoms with Crippen LogP contribution < -0.4 is 0 Å². The van der Waals surface area contributed by atoms with Crippen LogP contribution in [0.3, 0.4) is 0 Å². The lowest BCUT2D eigenvalue weighted by atomic mass is 9.99. The monoisotopic (exact) mass is 240 g/mol. The minimum Gasteiger partial charge on any atom is -0.293 e. The van der Waals surface area contributed by atoms with E-state index in [1.165, 1.54) is 11.1 Å². The number of fused-ring (bicyclic) bond motifs is 1. The molecule has 2 aromatic rings. The summed E-state index contributed by atoms with van der Waals surface area (Å²) in [5.41, 5.74) is 3.29. The van der Waals surface area contributed by atoms with E-state index in [9.17, 15) is 4.79 Å². The lowest BCUT2D eigenvalue weighted by Gasteiger charge is -2.09. The molecule has 3 rings (SSSR count). The van der Waals surface area contributed by atoms with Crippen LogP contribution in [-0.4, -0.2) is 5.78 Å². The fourth-order valence-corrected chi connectivity index (χ4v) is 3.46. The van der Waals surface area contributed by atoms with Crippen LogP contribution in [0.25, 0.3) is 0 Å². The molecular formula is C15H12OS. The third-order valence-electron chi connectivity index (χ3n) is 3.04. The second-order valence-electron chi connectivity index (χ2n) is 4.12. The number of carbonyl (C=O) groups is 1. The average molecular weight is 240 g/mol. The van der Waals surface area contributed by atoms with E-state index in [0.717, 1.165) is 11.3 Å². The van der Waals surface area contributed by atoms with Gasteiger partial charge in [-0.1, -0.05) is 54.6 Å². The molecule has 0 radical (unpaired) electrons. The summed E-state index contributed by atoms with van der Waals surface area (Å²) in [4.78, 5) is 12.4. The topological polar surface area (TPSA) is 17.1 Å². The quantitative estimate of drug-likeness (QED) is 0.741. The summed E-state index contributed by atoms with van der Waals surface area (Å²) in [6.45, 7) is 0. The SMILES string of the molecule is O=C(c1ccccc1)[C@@H]1SCc2ccccc21. The third kappa shape index (κ3) is 1.89. The van der Waals surface area contributed by atoms with Crippen molar-refractivity contribution in [3.05, 3.63) is 71.3 Å². The average Bonchev–Trinajstić information content (AvgIpc) is 2.83. The summed E-state index contributed by atoms with van der Waals surface area (Å²) < 4.78 is 0. The fraction of sp³-hybridized carbons (Fsp3) is 0.133. The van der Waals surface area contributed by atoms with E-state index in [0.29, 0.717) is 0 Å². The van der Waals surface area contributed by atoms with Gasteiger partial charge in [-0.2, -0.15) is 0 Å². The van der Waals surface area contributed by atoms with Crippen LogP contribution in [-0.2, 0) is 5.75 Å². The van der Waals surface area contributed by atoms with Crippen molar-refractivity contribution < 1.29 is 4.79 Å². The molecule has 1 aliphatic rings. The first kappa shape index (κ1) is 10.6. The van der Waals surface area contributed by atoms with Crippen molar-refractivity contribution in [2.75, 3.05) is 0 Å². The molecule has 0 N–H and O–H groups in total. The van der Waals surface area contributed by atoms with E-state index in [1.807, 2.05) is 42.5 Å². The molecule has 1 atom stereocenters. The Balaban J connectivity index is 1.95. The van der Waals surface area contributed by atoms with Gasteiger partial charge in [-0.15, -0.1) is 11.8 Å². The Morgan fingerprint density at radius 2 is 1.71 bits per heavy atom. The Morgan fingerprint density at radius 1 is 1.00 bits per heavy atom. The molecule has 0 aliphatic carbocycles. The Kier molecular flexibility index (Phi) is 2.73. The maximum atomic E-state index is 12.4. The van der Waals surface area contributed by atoms with Gasteiger partial charge in [-0.05, 0) is 11.1 Å². The van der Waals surface area contributed by atoms with Crippen LogP contribution in [0.2, 0.25) is 0 Å². The number of thioether (sulfide) groups is 1. The van der Waals surface area contributed by atoms with Crippen molar-refractivity contribution in [3.8, 4) is 0 Å². The number of carbonyl (C=O) groups excluding carboxylic acids is 1. The molecule has 1 nitrogen and oxygen atoms in total. The molecule has 1 aliphatic heterocycles. The Bertz CT molecular complexity index is 548. The van der Waals surface area contributed by atoms with Gasteiger partial charge in [-0.3, -0.25) is 4.79 Å². The summed E-state index contributed by atoms with van der Waals surface area (Å²) in [5.74, 6) is 1.17. The van der Waals surface area contributed by atoms with Crippen molar-refractivity contribution >= 4 is 17.5 Å². The summed E-state index contributed by atoms with van der Waals surface area (Å²) >= 11 is 1.72. The molecule has 0 unspecified atom stereocenters. The predicted octanol–water partition coefficient (Wildman–Crippen LogP) is 3.86. The number of benzene rings is 2. The van der Waals surface area contributed by atoms with Gasteiger partial charge in [0.15, 0.2) is 5.78 Å². The van der Waals surface area contributed by atoms with Crippen molar-refractivity contribution in [2.24, 2.45) is 0 Å². The van der Waals surface area contributed by atoms with Crippen LogP contribution in [0.1, 0.15) is 26.7 Å². The molecule has 0 amide bonds. The van der Waals surface area contributed by atoms with Crippen LogP contribution >= 0.6 is 11.8 Å². The Morgan fingerprint density at radius 3 is 2.53 bits per heavy atom. The first-order chi connectivity index (χ1) is 8.36. The van der Waals surface area contributed by atoms with Gasteiger partial charge in [0, 0.05) is 11.3 Å². The third-order valence-corrected chi connectivity index (χ3v) is 4.32. The van der Waals surface area contributed by atoms with Crippen molar-refractivity contribution in [1.82, 2.24) is 0 Å². The predicted molar refractivity (Wildman–Crippen MR) is 71.3 cm³/mol. The van der Waals surface area contributed by atoms with Gasteiger partial charge in [0.25, 0.3) is 0 Å². The summed E-state index contributed by atoms with van der Waals surface area (Å²) in [5, 5.41) is -0.0198. The van der Waals surface area contributed by atoms with Crippen molar-refractivity contribution in [2.45, 2.75) is 11.0 Å². The molecule has 0 saturated carbocycles. The maximum Gasteiger partial charge on any atom is 0.180 e. The van der Waals surface area contributed by atoms with Gasteiger partial charge in [0.1, 0.15) is 0 Å². The van der Waals surface area contributed by atoms with E-state index >= 15 is 0 Å². The van der Waals surface area contributed by atoms with Gasteiger partial charge < -0.3 is 0 Å². The first-order valence-corrected chi connectivity index (χ1v) is 6.70. The largest absolute Gasteiger partial charge is 0.293 e. The Labute approximate surface area is 105 Å². The van der Waals surface area contributed by atoms with Crippen LogP contribution in [0.15, 0.2) is 54.6 Å². The highest BCUT2D eigenvalue weighted by atomic mass is 32.2. The molecule has 0 bridgehead atoms. The molecule has 0 saturated heterocycles. The number of rotatable bonds is 2. The zero-order valence-electron chi connectivity index (χ0n) is 9.30.